The monoisotopic (exact) mass is 314 g/mol. The normalized spacial score (nSPS) is 20.1. The molecule has 7 nitrogen and oxygen atoms in total. The summed E-state index contributed by atoms with van der Waals surface area (Å²) in [5.41, 5.74) is 5.83. The van der Waals surface area contributed by atoms with Crippen LogP contribution in [0, 0.1) is 0 Å². The average molecular weight is 314 g/mol. The summed E-state index contributed by atoms with van der Waals surface area (Å²) in [6, 6.07) is -0.161. The van der Waals surface area contributed by atoms with Crippen molar-refractivity contribution in [2.24, 2.45) is 5.73 Å². The number of hydrogen-bond donors (Lipinski definition) is 1. The molecule has 0 spiro atoms. The summed E-state index contributed by atoms with van der Waals surface area (Å²) in [7, 11) is 3.90. The van der Waals surface area contributed by atoms with Crippen LogP contribution in [0.5, 0.6) is 0 Å². The highest BCUT2D eigenvalue weighted by Gasteiger charge is 2.32. The van der Waals surface area contributed by atoms with E-state index in [1.165, 1.54) is 0 Å². The number of carbonyl (C=O) groups excluding carboxylic acids is 2. The molecule has 2 amide bonds. The van der Waals surface area contributed by atoms with Crippen molar-refractivity contribution >= 4 is 11.8 Å². The van der Waals surface area contributed by atoms with Crippen LogP contribution in [0.2, 0.25) is 0 Å². The van der Waals surface area contributed by atoms with E-state index in [2.05, 4.69) is 0 Å². The molecule has 2 unspecified atom stereocenters. The number of morpholine rings is 1. The number of hydrogen-bond acceptors (Lipinski definition) is 5. The third kappa shape index (κ3) is 5.55. The molecule has 1 heterocycles. The molecule has 0 bridgehead atoms. The fraction of sp³-hybridized carbons (Fsp3) is 0.867. The summed E-state index contributed by atoms with van der Waals surface area (Å²) in [5.74, 6) is -0.866. The topological polar surface area (TPSA) is 79.1 Å². The van der Waals surface area contributed by atoms with E-state index in [9.17, 15) is 9.59 Å². The maximum atomic E-state index is 12.5. The molecule has 7 heteroatoms. The minimum atomic E-state index is -0.443. The van der Waals surface area contributed by atoms with Crippen LogP contribution in [0.4, 0.5) is 0 Å². The van der Waals surface area contributed by atoms with Crippen LogP contribution in [0.15, 0.2) is 0 Å². The average Bonchev–Trinajstić information content (AvgIpc) is 2.49. The molecular weight excluding hydrogens is 284 g/mol. The van der Waals surface area contributed by atoms with Gasteiger partial charge in [-0.1, -0.05) is 6.92 Å². The molecule has 0 aromatic heterocycles. The molecular formula is C15H30N4O3. The van der Waals surface area contributed by atoms with Crippen LogP contribution in [0.3, 0.4) is 0 Å². The van der Waals surface area contributed by atoms with Crippen LogP contribution in [0.1, 0.15) is 20.3 Å². The molecule has 22 heavy (non-hydrogen) atoms. The van der Waals surface area contributed by atoms with Gasteiger partial charge in [0.05, 0.1) is 12.7 Å². The van der Waals surface area contributed by atoms with Crippen molar-refractivity contribution < 1.29 is 14.3 Å². The van der Waals surface area contributed by atoms with Crippen molar-refractivity contribution in [3.63, 3.8) is 0 Å². The highest BCUT2D eigenvalue weighted by molar-refractivity contribution is 6.34. The van der Waals surface area contributed by atoms with E-state index >= 15 is 0 Å². The van der Waals surface area contributed by atoms with Crippen molar-refractivity contribution in [3.05, 3.63) is 0 Å². The molecule has 0 aromatic rings. The van der Waals surface area contributed by atoms with Gasteiger partial charge in [-0.2, -0.15) is 0 Å². The Labute approximate surface area is 133 Å². The van der Waals surface area contributed by atoms with Gasteiger partial charge in [0.25, 0.3) is 0 Å². The molecule has 0 aromatic carbocycles. The summed E-state index contributed by atoms with van der Waals surface area (Å²) in [6.07, 6.45) is 0.629. The predicted molar refractivity (Wildman–Crippen MR) is 85.4 cm³/mol. The van der Waals surface area contributed by atoms with Crippen LogP contribution in [0.25, 0.3) is 0 Å². The first-order valence-electron chi connectivity index (χ1n) is 7.96. The predicted octanol–water partition coefficient (Wildman–Crippen LogP) is -0.639. The molecule has 2 atom stereocenters. The number of nitrogens with zero attached hydrogens (tertiary/aromatic N) is 3. The van der Waals surface area contributed by atoms with Gasteiger partial charge in [0.1, 0.15) is 0 Å². The summed E-state index contributed by atoms with van der Waals surface area (Å²) < 4.78 is 5.54. The van der Waals surface area contributed by atoms with E-state index in [1.54, 1.807) is 9.80 Å². The molecule has 128 valence electrons. The standard InChI is InChI=1S/C15H30N4O3/c1-5-6-18(8-7-17(3)4)14(20)15(21)19-9-10-22-13(11-19)12(2)16/h12-13H,5-11,16H2,1-4H3. The smallest absolute Gasteiger partial charge is 0.312 e. The summed E-state index contributed by atoms with van der Waals surface area (Å²) in [6.45, 7) is 7.01. The van der Waals surface area contributed by atoms with Gasteiger partial charge in [0.2, 0.25) is 0 Å². The number of carbonyl (C=O) groups is 2. The van der Waals surface area contributed by atoms with Crippen molar-refractivity contribution in [2.75, 3.05) is 53.4 Å². The maximum absolute atomic E-state index is 12.5. The van der Waals surface area contributed by atoms with Gasteiger partial charge >= 0.3 is 11.8 Å². The van der Waals surface area contributed by atoms with Gasteiger partial charge in [-0.25, -0.2) is 0 Å². The molecule has 1 aliphatic heterocycles. The van der Waals surface area contributed by atoms with Gasteiger partial charge in [-0.15, -0.1) is 0 Å². The van der Waals surface area contributed by atoms with Gasteiger partial charge in [-0.05, 0) is 27.4 Å². The molecule has 1 fully saturated rings. The van der Waals surface area contributed by atoms with E-state index in [4.69, 9.17) is 10.5 Å². The lowest BCUT2D eigenvalue weighted by molar-refractivity contribution is -0.156. The lowest BCUT2D eigenvalue weighted by Crippen LogP contribution is -2.55. The van der Waals surface area contributed by atoms with Gasteiger partial charge < -0.3 is 25.2 Å². The van der Waals surface area contributed by atoms with E-state index in [0.717, 1.165) is 13.0 Å². The molecule has 1 aliphatic rings. The van der Waals surface area contributed by atoms with Crippen molar-refractivity contribution in [2.45, 2.75) is 32.4 Å². The Morgan fingerprint density at radius 2 is 2.00 bits per heavy atom. The summed E-state index contributed by atoms with van der Waals surface area (Å²) in [4.78, 5) is 30.1. The lowest BCUT2D eigenvalue weighted by atomic mass is 10.1. The van der Waals surface area contributed by atoms with Gasteiger partial charge in [0, 0.05) is 38.8 Å². The molecule has 2 N–H and O–H groups in total. The summed E-state index contributed by atoms with van der Waals surface area (Å²) in [5, 5.41) is 0. The highest BCUT2D eigenvalue weighted by Crippen LogP contribution is 2.09. The van der Waals surface area contributed by atoms with E-state index in [1.807, 2.05) is 32.8 Å². The van der Waals surface area contributed by atoms with Crippen LogP contribution in [-0.4, -0.2) is 92.1 Å². The van der Waals surface area contributed by atoms with Gasteiger partial charge in [0.15, 0.2) is 0 Å². The highest BCUT2D eigenvalue weighted by atomic mass is 16.5. The minimum absolute atomic E-state index is 0.161. The van der Waals surface area contributed by atoms with Crippen LogP contribution < -0.4 is 5.73 Å². The third-order valence-corrected chi connectivity index (χ3v) is 3.75. The SMILES string of the molecule is CCCN(CCN(C)C)C(=O)C(=O)N1CCOC(C(C)N)C1. The van der Waals surface area contributed by atoms with Crippen LogP contribution in [-0.2, 0) is 14.3 Å². The number of nitrogens with two attached hydrogens (primary N) is 1. The number of rotatable bonds is 6. The fourth-order valence-corrected chi connectivity index (χ4v) is 2.35. The van der Waals surface area contributed by atoms with Gasteiger partial charge in [-0.3, -0.25) is 9.59 Å². The molecule has 0 aliphatic carbocycles. The quantitative estimate of drug-likeness (QED) is 0.660. The van der Waals surface area contributed by atoms with Crippen molar-refractivity contribution in [1.29, 1.82) is 0 Å². The zero-order chi connectivity index (χ0) is 16.7. The van der Waals surface area contributed by atoms with Crippen LogP contribution >= 0.6 is 0 Å². The Balaban J connectivity index is 2.65. The van der Waals surface area contributed by atoms with Crippen molar-refractivity contribution in [1.82, 2.24) is 14.7 Å². The number of likely N-dealkylation sites (N-methyl/N-ethyl adjacent to an activating group) is 1. The van der Waals surface area contributed by atoms with E-state index < -0.39 is 11.8 Å². The second-order valence-electron chi connectivity index (χ2n) is 6.12. The lowest BCUT2D eigenvalue weighted by Gasteiger charge is -2.35. The number of ether oxygens (including phenoxy) is 1. The molecule has 1 rings (SSSR count). The zero-order valence-corrected chi connectivity index (χ0v) is 14.2. The zero-order valence-electron chi connectivity index (χ0n) is 14.2. The second kappa shape index (κ2) is 9.07. The summed E-state index contributed by atoms with van der Waals surface area (Å²) >= 11 is 0. The molecule has 0 saturated carbocycles. The van der Waals surface area contributed by atoms with Crippen molar-refractivity contribution in [3.8, 4) is 0 Å². The molecule has 1 saturated heterocycles. The Kier molecular flexibility index (Phi) is 7.78. The minimum Gasteiger partial charge on any atom is -0.373 e. The Bertz CT molecular complexity index is 360. The first-order valence-corrected chi connectivity index (χ1v) is 7.96. The fourth-order valence-electron chi connectivity index (χ4n) is 2.35. The number of amides is 2. The maximum Gasteiger partial charge on any atom is 0.312 e. The van der Waals surface area contributed by atoms with E-state index in [0.29, 0.717) is 32.8 Å². The Morgan fingerprint density at radius 1 is 1.32 bits per heavy atom. The Hall–Kier alpha value is -1.18. The second-order valence-corrected chi connectivity index (χ2v) is 6.12. The Morgan fingerprint density at radius 3 is 2.55 bits per heavy atom. The first kappa shape index (κ1) is 18.9. The largest absolute Gasteiger partial charge is 0.373 e. The third-order valence-electron chi connectivity index (χ3n) is 3.75. The van der Waals surface area contributed by atoms with E-state index in [-0.39, 0.29) is 12.1 Å². The molecule has 0 radical (unpaired) electrons. The first-order chi connectivity index (χ1) is 10.4.